The van der Waals surface area contributed by atoms with E-state index in [1.165, 1.54) is 0 Å². The molecule has 3 aliphatic carbocycles. The second-order valence-corrected chi connectivity index (χ2v) is 11.7. The summed E-state index contributed by atoms with van der Waals surface area (Å²) in [4.78, 5) is 25.9. The van der Waals surface area contributed by atoms with Gasteiger partial charge in [-0.1, -0.05) is 42.5 Å². The number of carbonyl (C=O) groups excluding carboxylic acids is 2. The van der Waals surface area contributed by atoms with Crippen LogP contribution in [0.25, 0.3) is 12.2 Å². The Morgan fingerprint density at radius 2 is 1.91 bits per heavy atom. The molecule has 2 amide bonds. The number of fused-ring (bicyclic) bond motifs is 1. The summed E-state index contributed by atoms with van der Waals surface area (Å²) in [6.07, 6.45) is 7.97. The van der Waals surface area contributed by atoms with Crippen LogP contribution < -0.4 is 25.8 Å². The molecule has 1 aliphatic heterocycles. The van der Waals surface area contributed by atoms with Crippen molar-refractivity contribution in [3.05, 3.63) is 47.4 Å². The molecular formula is C24H29N3O5S. The number of hydrogen-bond acceptors (Lipinski definition) is 6. The number of β-amino-alcohol motifs (C(OH)–C–C–N with tert-alkyl or cyclic N) is 1. The van der Waals surface area contributed by atoms with Crippen molar-refractivity contribution >= 4 is 34.0 Å². The van der Waals surface area contributed by atoms with E-state index < -0.39 is 44.3 Å². The maximum absolute atomic E-state index is 13.1. The number of amides is 2. The molecule has 1 aromatic rings. The van der Waals surface area contributed by atoms with Gasteiger partial charge in [0.05, 0.1) is 16.9 Å². The third kappa shape index (κ3) is 4.02. The van der Waals surface area contributed by atoms with Gasteiger partial charge in [0.25, 0.3) is 5.91 Å². The number of nitrogens with one attached hydrogen (secondary N) is 3. The molecule has 5 atom stereocenters. The molecule has 3 fully saturated rings. The quantitative estimate of drug-likeness (QED) is 0.380. The largest absolute Gasteiger partial charge is 0.388 e. The zero-order valence-corrected chi connectivity index (χ0v) is 19.1. The average Bonchev–Trinajstić information content (AvgIpc) is 3.71. The van der Waals surface area contributed by atoms with Gasteiger partial charge in [0.15, 0.2) is 0 Å². The third-order valence-corrected chi connectivity index (χ3v) is 9.26. The summed E-state index contributed by atoms with van der Waals surface area (Å²) in [5, 5.41) is 18.9. The molecule has 0 spiro atoms. The molecule has 5 rings (SSSR count). The number of hydrogen-bond donors (Lipinski definition) is 4. The van der Waals surface area contributed by atoms with Crippen LogP contribution in [0.1, 0.15) is 32.1 Å². The van der Waals surface area contributed by atoms with Crippen molar-refractivity contribution in [1.82, 2.24) is 15.4 Å². The van der Waals surface area contributed by atoms with Crippen LogP contribution in [0.2, 0.25) is 0 Å². The van der Waals surface area contributed by atoms with Crippen molar-refractivity contribution in [2.24, 2.45) is 11.8 Å². The van der Waals surface area contributed by atoms with E-state index in [4.69, 9.17) is 0 Å². The first-order chi connectivity index (χ1) is 15.7. The van der Waals surface area contributed by atoms with Crippen LogP contribution in [-0.4, -0.2) is 54.3 Å². The Kier molecular flexibility index (Phi) is 5.26. The van der Waals surface area contributed by atoms with E-state index in [0.717, 1.165) is 10.4 Å². The Hall–Kier alpha value is -2.49. The van der Waals surface area contributed by atoms with Gasteiger partial charge in [-0.3, -0.25) is 14.3 Å². The molecule has 0 aromatic heterocycles. The molecule has 4 aliphatic rings. The summed E-state index contributed by atoms with van der Waals surface area (Å²) in [7, 11) is -3.72. The molecule has 1 unspecified atom stereocenters. The smallest absolute Gasteiger partial charge is 0.259 e. The molecule has 2 saturated carbocycles. The summed E-state index contributed by atoms with van der Waals surface area (Å²) in [5.41, 5.74) is -2.41. The van der Waals surface area contributed by atoms with Crippen LogP contribution in [0.5, 0.6) is 0 Å². The number of sulfonamides is 1. The molecule has 33 heavy (non-hydrogen) atoms. The summed E-state index contributed by atoms with van der Waals surface area (Å²) in [5.74, 6) is -1.61. The fraction of sp³-hybridized carbons (Fsp3) is 0.500. The highest BCUT2D eigenvalue weighted by molar-refractivity contribution is 7.91. The van der Waals surface area contributed by atoms with Gasteiger partial charge in [0, 0.05) is 24.8 Å². The molecule has 4 N–H and O–H groups in total. The van der Waals surface area contributed by atoms with Gasteiger partial charge in [-0.25, -0.2) is 8.42 Å². The molecule has 0 radical (unpaired) electrons. The van der Waals surface area contributed by atoms with Crippen molar-refractivity contribution in [2.45, 2.75) is 54.5 Å². The van der Waals surface area contributed by atoms with Gasteiger partial charge in [-0.05, 0) is 36.1 Å². The zero-order valence-electron chi connectivity index (χ0n) is 18.3. The molecule has 0 bridgehead atoms. The van der Waals surface area contributed by atoms with Gasteiger partial charge in [0.2, 0.25) is 15.9 Å². The number of rotatable bonds is 7. The highest BCUT2D eigenvalue weighted by Gasteiger charge is 2.61. The normalized spacial score (nSPS) is 34.9. The standard InChI is InChI=1S/C24H29N3O5S/c1-2-17-12-24(17,22(29)27-33(31,32)19-9-10-19)26-21(28)20-13-23(30,14-25-20)18-8-7-15-5-3-4-6-16(15)11-18/h2-7,11,17-20,25,30H,1,8-10,12-14H2,(H,26,28)(H,27,29)/t17-,18?,20+,23+,24-/m1/s1. The van der Waals surface area contributed by atoms with E-state index in [0.29, 0.717) is 25.7 Å². The lowest BCUT2D eigenvalue weighted by molar-refractivity contribution is -0.130. The second-order valence-electron chi connectivity index (χ2n) is 9.77. The minimum absolute atomic E-state index is 0.138. The van der Waals surface area contributed by atoms with Crippen LogP contribution in [0, 0.1) is 11.8 Å². The van der Waals surface area contributed by atoms with Crippen molar-refractivity contribution in [1.29, 1.82) is 0 Å². The monoisotopic (exact) mass is 471 g/mol. The summed E-state index contributed by atoms with van der Waals surface area (Å²) < 4.78 is 26.6. The SMILES string of the molecule is C=C[C@@H]1C[C@]1(NC(=O)[C@@H]1C[C@@](O)(C2C=c3ccccc3=CC2)CN1)C(=O)NS(=O)(=O)C1CC1. The first-order valence-corrected chi connectivity index (χ1v) is 12.9. The van der Waals surface area contributed by atoms with Crippen LogP contribution in [0.15, 0.2) is 36.9 Å². The zero-order chi connectivity index (χ0) is 23.4. The lowest BCUT2D eigenvalue weighted by atomic mass is 9.80. The van der Waals surface area contributed by atoms with Crippen LogP contribution in [0.3, 0.4) is 0 Å². The van der Waals surface area contributed by atoms with Gasteiger partial charge in [-0.2, -0.15) is 0 Å². The fourth-order valence-electron chi connectivity index (χ4n) is 5.05. The maximum Gasteiger partial charge on any atom is 0.259 e. The van der Waals surface area contributed by atoms with Gasteiger partial charge >= 0.3 is 0 Å². The van der Waals surface area contributed by atoms with E-state index in [1.54, 1.807) is 6.08 Å². The van der Waals surface area contributed by atoms with Gasteiger partial charge in [-0.15, -0.1) is 6.58 Å². The predicted molar refractivity (Wildman–Crippen MR) is 123 cm³/mol. The van der Waals surface area contributed by atoms with E-state index in [-0.39, 0.29) is 24.8 Å². The van der Waals surface area contributed by atoms with Gasteiger partial charge in [0.1, 0.15) is 5.54 Å². The number of aliphatic hydroxyl groups is 1. The lowest BCUT2D eigenvalue weighted by Gasteiger charge is -2.30. The summed E-state index contributed by atoms with van der Waals surface area (Å²) in [6.45, 7) is 3.96. The Morgan fingerprint density at radius 3 is 2.58 bits per heavy atom. The molecule has 1 saturated heterocycles. The van der Waals surface area contributed by atoms with Gasteiger partial charge < -0.3 is 15.7 Å². The first kappa shape index (κ1) is 22.3. The Balaban J connectivity index is 1.27. The van der Waals surface area contributed by atoms with Crippen LogP contribution in [-0.2, 0) is 19.6 Å². The van der Waals surface area contributed by atoms with Crippen molar-refractivity contribution in [3.8, 4) is 0 Å². The second kappa shape index (κ2) is 7.78. The average molecular weight is 472 g/mol. The molecule has 8 nitrogen and oxygen atoms in total. The lowest BCUT2D eigenvalue weighted by Crippen LogP contribution is -2.55. The number of benzene rings is 1. The van der Waals surface area contributed by atoms with Crippen LogP contribution in [0.4, 0.5) is 0 Å². The Bertz CT molecular complexity index is 1240. The van der Waals surface area contributed by atoms with Crippen molar-refractivity contribution in [3.63, 3.8) is 0 Å². The molecular weight excluding hydrogens is 442 g/mol. The molecule has 176 valence electrons. The Morgan fingerprint density at radius 1 is 1.18 bits per heavy atom. The van der Waals surface area contributed by atoms with Crippen LogP contribution >= 0.6 is 0 Å². The highest BCUT2D eigenvalue weighted by Crippen LogP contribution is 2.45. The third-order valence-electron chi connectivity index (χ3n) is 7.44. The van der Waals surface area contributed by atoms with Crippen molar-refractivity contribution in [2.75, 3.05) is 6.54 Å². The molecule has 9 heteroatoms. The first-order valence-electron chi connectivity index (χ1n) is 11.4. The minimum Gasteiger partial charge on any atom is -0.388 e. The topological polar surface area (TPSA) is 125 Å². The van der Waals surface area contributed by atoms with Crippen molar-refractivity contribution < 1.29 is 23.1 Å². The Labute approximate surface area is 192 Å². The van der Waals surface area contributed by atoms with E-state index >= 15 is 0 Å². The fourth-order valence-corrected chi connectivity index (χ4v) is 6.41. The molecule has 1 aromatic carbocycles. The predicted octanol–water partition coefficient (Wildman–Crippen LogP) is -0.970. The molecule has 1 heterocycles. The minimum atomic E-state index is -3.72. The summed E-state index contributed by atoms with van der Waals surface area (Å²) >= 11 is 0. The number of carbonyl (C=O) groups is 2. The van der Waals surface area contributed by atoms with E-state index in [2.05, 4.69) is 34.1 Å². The summed E-state index contributed by atoms with van der Waals surface area (Å²) in [6, 6.07) is 7.30. The maximum atomic E-state index is 13.1. The van der Waals surface area contributed by atoms with E-state index in [9.17, 15) is 23.1 Å². The highest BCUT2D eigenvalue weighted by atomic mass is 32.2. The van der Waals surface area contributed by atoms with E-state index in [1.807, 2.05) is 24.3 Å².